The van der Waals surface area contributed by atoms with Crippen LogP contribution < -0.4 is 20.5 Å². The zero-order chi connectivity index (χ0) is 21.0. The van der Waals surface area contributed by atoms with E-state index in [-0.39, 0.29) is 4.90 Å². The first-order chi connectivity index (χ1) is 13.8. The molecule has 0 saturated heterocycles. The number of sulfonamides is 1. The Kier molecular flexibility index (Phi) is 6.51. The van der Waals surface area contributed by atoms with Crippen LogP contribution in [0.15, 0.2) is 46.3 Å². The Morgan fingerprint density at radius 2 is 2.03 bits per heavy atom. The van der Waals surface area contributed by atoms with E-state index >= 15 is 0 Å². The molecule has 0 spiro atoms. The van der Waals surface area contributed by atoms with E-state index in [1.54, 1.807) is 0 Å². The lowest BCUT2D eigenvalue weighted by molar-refractivity contribution is 0.416. The topological polar surface area (TPSA) is 106 Å². The zero-order valence-corrected chi connectivity index (χ0v) is 17.9. The van der Waals surface area contributed by atoms with Crippen LogP contribution in [0.25, 0.3) is 0 Å². The number of anilines is 2. The van der Waals surface area contributed by atoms with Crippen molar-refractivity contribution in [3.8, 4) is 5.75 Å². The van der Waals surface area contributed by atoms with Gasteiger partial charge < -0.3 is 15.4 Å². The Hall–Kier alpha value is -2.49. The van der Waals surface area contributed by atoms with Crippen LogP contribution >= 0.6 is 12.2 Å². The number of hydrogen-bond acceptors (Lipinski definition) is 5. The second kappa shape index (κ2) is 8.89. The van der Waals surface area contributed by atoms with Gasteiger partial charge in [-0.1, -0.05) is 13.0 Å². The van der Waals surface area contributed by atoms with Gasteiger partial charge in [0, 0.05) is 17.5 Å². The number of nitrogens with one attached hydrogen (secondary N) is 2. The molecule has 0 fully saturated rings. The highest BCUT2D eigenvalue weighted by Crippen LogP contribution is 2.33. The molecule has 2 aromatic carbocycles. The predicted molar refractivity (Wildman–Crippen MR) is 121 cm³/mol. The van der Waals surface area contributed by atoms with Gasteiger partial charge >= 0.3 is 0 Å². The van der Waals surface area contributed by atoms with Crippen molar-refractivity contribution in [1.82, 2.24) is 0 Å². The van der Waals surface area contributed by atoms with Crippen molar-refractivity contribution >= 4 is 50.6 Å². The molecule has 1 heterocycles. The number of fused-ring (bicyclic) bond motifs is 1. The van der Waals surface area contributed by atoms with Gasteiger partial charge in [-0.25, -0.2) is 13.6 Å². The summed E-state index contributed by atoms with van der Waals surface area (Å²) in [6.07, 6.45) is 5.00. The number of aliphatic imine (C=N–C) groups is 1. The molecule has 1 atom stereocenters. The Morgan fingerprint density at radius 3 is 2.72 bits per heavy atom. The minimum Gasteiger partial charge on any atom is -0.495 e. The van der Waals surface area contributed by atoms with Crippen molar-refractivity contribution < 1.29 is 13.2 Å². The van der Waals surface area contributed by atoms with E-state index in [1.807, 2.05) is 24.4 Å². The van der Waals surface area contributed by atoms with Crippen LogP contribution in [-0.4, -0.2) is 26.9 Å². The van der Waals surface area contributed by atoms with Crippen molar-refractivity contribution in [2.45, 2.75) is 31.1 Å². The van der Waals surface area contributed by atoms with Crippen molar-refractivity contribution in [1.29, 1.82) is 0 Å². The number of hydrogen-bond donors (Lipinski definition) is 3. The molecule has 29 heavy (non-hydrogen) atoms. The third kappa shape index (κ3) is 5.11. The van der Waals surface area contributed by atoms with Gasteiger partial charge in [-0.3, -0.25) is 4.99 Å². The maximum Gasteiger partial charge on any atom is 0.238 e. The Labute approximate surface area is 176 Å². The fraction of sp³-hybridized carbons (Fsp3) is 0.300. The molecule has 2 aromatic rings. The van der Waals surface area contributed by atoms with Gasteiger partial charge in [-0.2, -0.15) is 0 Å². The van der Waals surface area contributed by atoms with Crippen molar-refractivity contribution in [2.75, 3.05) is 17.7 Å². The van der Waals surface area contributed by atoms with Crippen LogP contribution in [0.4, 0.5) is 17.1 Å². The maximum atomic E-state index is 11.7. The van der Waals surface area contributed by atoms with Crippen molar-refractivity contribution in [3.63, 3.8) is 0 Å². The summed E-state index contributed by atoms with van der Waals surface area (Å²) in [4.78, 5) is 4.60. The maximum absolute atomic E-state index is 11.7. The summed E-state index contributed by atoms with van der Waals surface area (Å²) in [5, 5.41) is 11.7. The largest absolute Gasteiger partial charge is 0.495 e. The molecule has 0 saturated carbocycles. The highest BCUT2D eigenvalue weighted by atomic mass is 32.2. The molecule has 0 radical (unpaired) electrons. The average Bonchev–Trinajstić information content (AvgIpc) is 2.90. The fourth-order valence-electron chi connectivity index (χ4n) is 3.21. The molecule has 7 nitrogen and oxygen atoms in total. The summed E-state index contributed by atoms with van der Waals surface area (Å²) < 4.78 is 28.6. The van der Waals surface area contributed by atoms with Gasteiger partial charge in [0.15, 0.2) is 5.11 Å². The highest BCUT2D eigenvalue weighted by molar-refractivity contribution is 7.89. The number of nitrogens with two attached hydrogens (primary N) is 1. The van der Waals surface area contributed by atoms with Crippen LogP contribution in [0.2, 0.25) is 0 Å². The molecule has 0 amide bonds. The molecule has 1 aliphatic rings. The summed E-state index contributed by atoms with van der Waals surface area (Å²) in [5.74, 6) is 0.911. The molecule has 1 aliphatic heterocycles. The van der Waals surface area contributed by atoms with Crippen LogP contribution in [-0.2, 0) is 16.4 Å². The van der Waals surface area contributed by atoms with E-state index in [2.05, 4.69) is 22.5 Å². The number of rotatable bonds is 5. The standard InChI is InChI=1S/C20H24N4O3S2/c1-3-13-7-9-15-16(22-12-13)5-4-6-17(15)23-20(28)24-18-11-14(29(21,25)26)8-10-19(18)27-2/h4-6,8,10-13H,3,7,9H2,1-2H3,(H2,21,25,26)(H2,23,24,28). The van der Waals surface area contributed by atoms with E-state index in [1.165, 1.54) is 25.3 Å². The van der Waals surface area contributed by atoms with Gasteiger partial charge in [-0.15, -0.1) is 0 Å². The molecule has 3 rings (SSSR count). The number of primary sulfonamides is 1. The third-order valence-electron chi connectivity index (χ3n) is 4.86. The summed E-state index contributed by atoms with van der Waals surface area (Å²) in [6, 6.07) is 10.2. The first-order valence-corrected chi connectivity index (χ1v) is 11.2. The van der Waals surface area contributed by atoms with E-state index in [9.17, 15) is 8.42 Å². The fourth-order valence-corrected chi connectivity index (χ4v) is 3.97. The molecule has 9 heteroatoms. The normalized spacial score (nSPS) is 15.9. The number of thiocarbonyl (C=S) groups is 1. The second-order valence-electron chi connectivity index (χ2n) is 6.77. The van der Waals surface area contributed by atoms with Crippen molar-refractivity contribution in [3.05, 3.63) is 42.0 Å². The monoisotopic (exact) mass is 432 g/mol. The van der Waals surface area contributed by atoms with Gasteiger partial charge in [0.25, 0.3) is 0 Å². The van der Waals surface area contributed by atoms with Gasteiger partial charge in [0.1, 0.15) is 5.75 Å². The molecule has 1 unspecified atom stereocenters. The van der Waals surface area contributed by atoms with Crippen molar-refractivity contribution in [2.24, 2.45) is 16.0 Å². The number of nitrogens with zero attached hydrogens (tertiary/aromatic N) is 1. The lowest BCUT2D eigenvalue weighted by atomic mass is 9.98. The predicted octanol–water partition coefficient (Wildman–Crippen LogP) is 3.83. The van der Waals surface area contributed by atoms with E-state index in [4.69, 9.17) is 22.1 Å². The number of ether oxygens (including phenoxy) is 1. The van der Waals surface area contributed by atoms with E-state index < -0.39 is 10.0 Å². The minimum absolute atomic E-state index is 0.0304. The summed E-state index contributed by atoms with van der Waals surface area (Å²) in [5.41, 5.74) is 3.31. The lowest BCUT2D eigenvalue weighted by Gasteiger charge is -2.17. The van der Waals surface area contributed by atoms with Gasteiger partial charge in [0.05, 0.1) is 23.4 Å². The molecule has 4 N–H and O–H groups in total. The van der Waals surface area contributed by atoms with E-state index in [0.717, 1.165) is 36.2 Å². The average molecular weight is 433 g/mol. The zero-order valence-electron chi connectivity index (χ0n) is 16.3. The SMILES string of the molecule is CCC1C=Nc2cccc(NC(=S)Nc3cc(S(N)(=O)=O)ccc3OC)c2CC1. The second-order valence-corrected chi connectivity index (χ2v) is 8.74. The minimum atomic E-state index is -3.84. The molecule has 0 aliphatic carbocycles. The number of benzene rings is 2. The quantitative estimate of drug-likeness (QED) is 0.620. The first-order valence-electron chi connectivity index (χ1n) is 9.26. The number of methoxy groups -OCH3 is 1. The molecular formula is C20H24N4O3S2. The first kappa shape index (κ1) is 21.2. The van der Waals surface area contributed by atoms with Crippen LogP contribution in [0.5, 0.6) is 5.75 Å². The smallest absolute Gasteiger partial charge is 0.238 e. The summed E-state index contributed by atoms with van der Waals surface area (Å²) in [6.45, 7) is 2.16. The van der Waals surface area contributed by atoms with Crippen LogP contribution in [0, 0.1) is 5.92 Å². The Morgan fingerprint density at radius 1 is 1.28 bits per heavy atom. The van der Waals surface area contributed by atoms with Gasteiger partial charge in [-0.05, 0) is 67.7 Å². The lowest BCUT2D eigenvalue weighted by Crippen LogP contribution is -2.21. The van der Waals surface area contributed by atoms with E-state index in [0.29, 0.717) is 22.5 Å². The molecule has 154 valence electrons. The summed E-state index contributed by atoms with van der Waals surface area (Å²) in [7, 11) is -2.35. The Bertz CT molecular complexity index is 1050. The summed E-state index contributed by atoms with van der Waals surface area (Å²) >= 11 is 5.45. The highest BCUT2D eigenvalue weighted by Gasteiger charge is 2.16. The Balaban J connectivity index is 1.82. The van der Waals surface area contributed by atoms with Crippen LogP contribution in [0.3, 0.4) is 0 Å². The van der Waals surface area contributed by atoms with Crippen LogP contribution in [0.1, 0.15) is 25.3 Å². The van der Waals surface area contributed by atoms with Gasteiger partial charge in [0.2, 0.25) is 10.0 Å². The molecule has 0 aromatic heterocycles. The molecule has 0 bridgehead atoms. The molecular weight excluding hydrogens is 408 g/mol. The third-order valence-corrected chi connectivity index (χ3v) is 5.98.